The van der Waals surface area contributed by atoms with Crippen LogP contribution in [0.5, 0.6) is 0 Å². The molecule has 2 atom stereocenters. The number of hydrogen-bond acceptors (Lipinski definition) is 3. The quantitative estimate of drug-likeness (QED) is 0.763. The van der Waals surface area contributed by atoms with Crippen LogP contribution >= 0.6 is 0 Å². The average Bonchev–Trinajstić information content (AvgIpc) is 2.59. The van der Waals surface area contributed by atoms with Gasteiger partial charge >= 0.3 is 0 Å². The van der Waals surface area contributed by atoms with Crippen LogP contribution in [0.4, 0.5) is 8.78 Å². The third kappa shape index (κ3) is 3.03. The molecule has 0 spiro atoms. The lowest BCUT2D eigenvalue weighted by atomic mass is 9.71. The van der Waals surface area contributed by atoms with Gasteiger partial charge in [-0.25, -0.2) is 13.0 Å². The van der Waals surface area contributed by atoms with Gasteiger partial charge in [-0.05, 0) is 25.9 Å². The maximum atomic E-state index is 14.3. The van der Waals surface area contributed by atoms with E-state index < -0.39 is 29.0 Å². The van der Waals surface area contributed by atoms with Gasteiger partial charge < -0.3 is 4.90 Å². The number of likely N-dealkylation sites (tertiary alicyclic amines) is 1. The molecule has 0 N–H and O–H groups in total. The fraction of sp³-hybridized carbons (Fsp3) is 1.00. The zero-order valence-electron chi connectivity index (χ0n) is 10.8. The Hall–Kier alpha value is -0.0700. The van der Waals surface area contributed by atoms with E-state index in [4.69, 9.17) is 0 Å². The molecule has 1 aliphatic rings. The Morgan fingerprint density at radius 3 is 2.47 bits per heavy atom. The Labute approximate surface area is 104 Å². The molecule has 1 rings (SSSR count). The van der Waals surface area contributed by atoms with Crippen molar-refractivity contribution in [2.75, 3.05) is 33.0 Å². The fourth-order valence-corrected chi connectivity index (χ4v) is 2.84. The molecule has 1 heterocycles. The second-order valence-electron chi connectivity index (χ2n) is 5.17. The van der Waals surface area contributed by atoms with Gasteiger partial charge in [-0.3, -0.25) is 4.18 Å². The van der Waals surface area contributed by atoms with Crippen LogP contribution < -0.4 is 0 Å². The van der Waals surface area contributed by atoms with Crippen LogP contribution in [0, 0.1) is 11.3 Å². The SMILES string of the molecule is CC(C)C1(C(F)(F)COS(C)=O)CCN(C)C1. The summed E-state index contributed by atoms with van der Waals surface area (Å²) in [5, 5.41) is 0. The first kappa shape index (κ1) is 15.0. The van der Waals surface area contributed by atoms with E-state index in [-0.39, 0.29) is 5.92 Å². The van der Waals surface area contributed by atoms with Crippen molar-refractivity contribution < 1.29 is 17.2 Å². The Morgan fingerprint density at radius 2 is 2.12 bits per heavy atom. The molecule has 102 valence electrons. The molecule has 6 heteroatoms. The minimum Gasteiger partial charge on any atom is -0.306 e. The zero-order valence-corrected chi connectivity index (χ0v) is 11.7. The van der Waals surface area contributed by atoms with Crippen LogP contribution in [0.2, 0.25) is 0 Å². The molecule has 0 aromatic heterocycles. The van der Waals surface area contributed by atoms with Crippen molar-refractivity contribution in [3.63, 3.8) is 0 Å². The third-order valence-corrected chi connectivity index (χ3v) is 4.18. The molecule has 0 bridgehead atoms. The summed E-state index contributed by atoms with van der Waals surface area (Å²) in [5.74, 6) is -3.09. The molecule has 1 fully saturated rings. The Balaban J connectivity index is 2.86. The number of nitrogens with zero attached hydrogens (tertiary/aromatic N) is 1. The first-order chi connectivity index (χ1) is 7.71. The Kier molecular flexibility index (Phi) is 4.66. The van der Waals surface area contributed by atoms with E-state index in [1.54, 1.807) is 0 Å². The van der Waals surface area contributed by atoms with Crippen LogP contribution in [0.3, 0.4) is 0 Å². The third-order valence-electron chi connectivity index (χ3n) is 3.73. The lowest BCUT2D eigenvalue weighted by Crippen LogP contribution is -2.50. The lowest BCUT2D eigenvalue weighted by Gasteiger charge is -2.40. The van der Waals surface area contributed by atoms with Crippen LogP contribution in [-0.4, -0.2) is 48.0 Å². The smallest absolute Gasteiger partial charge is 0.279 e. The number of rotatable bonds is 5. The maximum absolute atomic E-state index is 14.3. The lowest BCUT2D eigenvalue weighted by molar-refractivity contribution is -0.158. The average molecular weight is 269 g/mol. The minimum atomic E-state index is -2.95. The van der Waals surface area contributed by atoms with E-state index in [2.05, 4.69) is 4.18 Å². The maximum Gasteiger partial charge on any atom is 0.279 e. The monoisotopic (exact) mass is 269 g/mol. The fourth-order valence-electron chi connectivity index (χ4n) is 2.52. The van der Waals surface area contributed by atoms with E-state index in [9.17, 15) is 13.0 Å². The summed E-state index contributed by atoms with van der Waals surface area (Å²) in [7, 11) is 1.85. The van der Waals surface area contributed by atoms with E-state index >= 15 is 0 Å². The van der Waals surface area contributed by atoms with Gasteiger partial charge in [0.05, 0.1) is 5.41 Å². The van der Waals surface area contributed by atoms with Crippen LogP contribution in [0.15, 0.2) is 0 Å². The highest BCUT2D eigenvalue weighted by Gasteiger charge is 2.58. The molecule has 0 saturated carbocycles. The zero-order chi connectivity index (χ0) is 13.3. The Morgan fingerprint density at radius 1 is 1.53 bits per heavy atom. The Bertz CT molecular complexity index is 299. The molecule has 0 radical (unpaired) electrons. The molecule has 3 nitrogen and oxygen atoms in total. The largest absolute Gasteiger partial charge is 0.306 e. The van der Waals surface area contributed by atoms with E-state index in [1.165, 1.54) is 6.26 Å². The van der Waals surface area contributed by atoms with Gasteiger partial charge in [-0.15, -0.1) is 0 Å². The molecule has 17 heavy (non-hydrogen) atoms. The van der Waals surface area contributed by atoms with Crippen molar-refractivity contribution >= 4 is 11.1 Å². The summed E-state index contributed by atoms with van der Waals surface area (Å²) >= 11 is -1.65. The minimum absolute atomic E-state index is 0.142. The van der Waals surface area contributed by atoms with Crippen LogP contribution in [0.1, 0.15) is 20.3 Å². The van der Waals surface area contributed by atoms with Gasteiger partial charge in [0, 0.05) is 12.8 Å². The van der Waals surface area contributed by atoms with Gasteiger partial charge in [-0.1, -0.05) is 13.8 Å². The van der Waals surface area contributed by atoms with Crippen molar-refractivity contribution in [3.8, 4) is 0 Å². The van der Waals surface area contributed by atoms with Crippen molar-refractivity contribution in [3.05, 3.63) is 0 Å². The summed E-state index contributed by atoms with van der Waals surface area (Å²) in [5.41, 5.74) is -1.07. The van der Waals surface area contributed by atoms with Crippen molar-refractivity contribution in [1.29, 1.82) is 0 Å². The summed E-state index contributed by atoms with van der Waals surface area (Å²) < 4.78 is 44.0. The highest BCUT2D eigenvalue weighted by molar-refractivity contribution is 7.79. The predicted molar refractivity (Wildman–Crippen MR) is 64.4 cm³/mol. The molecule has 0 aromatic rings. The topological polar surface area (TPSA) is 29.5 Å². The highest BCUT2D eigenvalue weighted by atomic mass is 32.2. The molecule has 1 aliphatic heterocycles. The molecule has 1 saturated heterocycles. The molecular formula is C11H21F2NO2S. The molecule has 0 aliphatic carbocycles. The summed E-state index contributed by atoms with van der Waals surface area (Å²) in [6, 6.07) is 0. The molecular weight excluding hydrogens is 248 g/mol. The summed E-state index contributed by atoms with van der Waals surface area (Å²) in [6.07, 6.45) is 1.72. The molecule has 0 aromatic carbocycles. The van der Waals surface area contributed by atoms with Gasteiger partial charge in [0.2, 0.25) is 0 Å². The van der Waals surface area contributed by atoms with Gasteiger partial charge in [-0.2, -0.15) is 0 Å². The van der Waals surface area contributed by atoms with Gasteiger partial charge in [0.15, 0.2) is 11.1 Å². The van der Waals surface area contributed by atoms with E-state index in [0.717, 1.165) is 0 Å². The highest BCUT2D eigenvalue weighted by Crippen LogP contribution is 2.49. The van der Waals surface area contributed by atoms with Crippen molar-refractivity contribution in [2.45, 2.75) is 26.2 Å². The van der Waals surface area contributed by atoms with Crippen molar-refractivity contribution in [1.82, 2.24) is 4.90 Å². The van der Waals surface area contributed by atoms with E-state index in [1.807, 2.05) is 25.8 Å². The predicted octanol–water partition coefficient (Wildman–Crippen LogP) is 1.91. The second-order valence-corrected chi connectivity index (χ2v) is 6.21. The first-order valence-corrected chi connectivity index (χ1v) is 7.23. The summed E-state index contributed by atoms with van der Waals surface area (Å²) in [6.45, 7) is 3.90. The van der Waals surface area contributed by atoms with E-state index in [0.29, 0.717) is 19.5 Å². The first-order valence-electron chi connectivity index (χ1n) is 5.74. The van der Waals surface area contributed by atoms with Crippen molar-refractivity contribution in [2.24, 2.45) is 11.3 Å². The number of halogens is 2. The summed E-state index contributed by atoms with van der Waals surface area (Å²) in [4.78, 5) is 1.91. The second kappa shape index (κ2) is 5.28. The van der Waals surface area contributed by atoms with Crippen LogP contribution in [0.25, 0.3) is 0 Å². The number of alkyl halides is 2. The normalized spacial score (nSPS) is 28.9. The molecule has 2 unspecified atom stereocenters. The number of hydrogen-bond donors (Lipinski definition) is 0. The van der Waals surface area contributed by atoms with Gasteiger partial charge in [0.25, 0.3) is 5.92 Å². The van der Waals surface area contributed by atoms with Gasteiger partial charge in [0.1, 0.15) is 6.61 Å². The standard InChI is InChI=1S/C11H21F2NO2S/c1-9(2)10(5-6-14(3)7-10)11(12,13)8-16-17(4)15/h9H,5-8H2,1-4H3. The van der Waals surface area contributed by atoms with Crippen LogP contribution in [-0.2, 0) is 15.3 Å². The molecule has 0 amide bonds.